The highest BCUT2D eigenvalue weighted by atomic mass is 14.3. The summed E-state index contributed by atoms with van der Waals surface area (Å²) in [6.07, 6.45) is 0. The van der Waals surface area contributed by atoms with Crippen molar-refractivity contribution in [1.82, 2.24) is 0 Å². The van der Waals surface area contributed by atoms with Gasteiger partial charge in [0.1, 0.15) is 0 Å². The van der Waals surface area contributed by atoms with Crippen molar-refractivity contribution in [3.05, 3.63) is 179 Å². The molecule has 0 heterocycles. The van der Waals surface area contributed by atoms with Crippen LogP contribution in [-0.4, -0.2) is 0 Å². The molecule has 0 aliphatic rings. The SMILES string of the molecule is Cc1cc(C)c(-c2cc(-c3ccccc3)c(-c3c(C)cc(C)c(-c4ccccc4)c3C)cc2-c2ccccc2)c(C)c1-c1ccccc1. The highest BCUT2D eigenvalue weighted by Crippen LogP contribution is 2.48. The summed E-state index contributed by atoms with van der Waals surface area (Å²) in [6.45, 7) is 13.7. The van der Waals surface area contributed by atoms with Crippen molar-refractivity contribution in [2.45, 2.75) is 41.5 Å². The summed E-state index contributed by atoms with van der Waals surface area (Å²) in [7, 11) is 0. The van der Waals surface area contributed by atoms with E-state index in [-0.39, 0.29) is 0 Å². The van der Waals surface area contributed by atoms with E-state index in [1.54, 1.807) is 0 Å². The van der Waals surface area contributed by atoms with Crippen molar-refractivity contribution in [2.75, 3.05) is 0 Å². The lowest BCUT2D eigenvalue weighted by Crippen LogP contribution is -2.01. The molecule has 0 saturated heterocycles. The van der Waals surface area contributed by atoms with Crippen LogP contribution in [0.1, 0.15) is 33.4 Å². The van der Waals surface area contributed by atoms with Crippen LogP contribution in [0.2, 0.25) is 0 Å². The maximum absolute atomic E-state index is 2.48. The molecule has 48 heavy (non-hydrogen) atoms. The summed E-state index contributed by atoms with van der Waals surface area (Å²) < 4.78 is 0. The maximum atomic E-state index is 2.48. The van der Waals surface area contributed by atoms with Crippen LogP contribution in [0, 0.1) is 41.5 Å². The average Bonchev–Trinajstić information content (AvgIpc) is 3.10. The van der Waals surface area contributed by atoms with Gasteiger partial charge in [0, 0.05) is 0 Å². The Kier molecular flexibility index (Phi) is 8.42. The topological polar surface area (TPSA) is 0 Å². The first-order chi connectivity index (χ1) is 23.3. The summed E-state index contributed by atoms with van der Waals surface area (Å²) in [5.74, 6) is 0. The van der Waals surface area contributed by atoms with Gasteiger partial charge < -0.3 is 0 Å². The molecule has 7 aromatic rings. The van der Waals surface area contributed by atoms with Gasteiger partial charge in [-0.15, -0.1) is 0 Å². The van der Waals surface area contributed by atoms with Crippen LogP contribution in [0.4, 0.5) is 0 Å². The fraction of sp³-hybridized carbons (Fsp3) is 0.125. The van der Waals surface area contributed by atoms with Gasteiger partial charge in [-0.2, -0.15) is 0 Å². The van der Waals surface area contributed by atoms with Crippen molar-refractivity contribution >= 4 is 0 Å². The maximum Gasteiger partial charge on any atom is -0.00933 e. The minimum Gasteiger partial charge on any atom is -0.0622 e. The van der Waals surface area contributed by atoms with Crippen molar-refractivity contribution in [3.8, 4) is 66.8 Å². The summed E-state index contributed by atoms with van der Waals surface area (Å²) in [5, 5.41) is 0. The van der Waals surface area contributed by atoms with Crippen LogP contribution in [-0.2, 0) is 0 Å². The lowest BCUT2D eigenvalue weighted by Gasteiger charge is -2.25. The Labute approximate surface area is 286 Å². The number of hydrogen-bond acceptors (Lipinski definition) is 0. The smallest absolute Gasteiger partial charge is 0.00933 e. The van der Waals surface area contributed by atoms with E-state index in [4.69, 9.17) is 0 Å². The van der Waals surface area contributed by atoms with Crippen LogP contribution in [0.15, 0.2) is 146 Å². The first-order valence-corrected chi connectivity index (χ1v) is 17.0. The van der Waals surface area contributed by atoms with Gasteiger partial charge in [-0.1, -0.05) is 133 Å². The van der Waals surface area contributed by atoms with Gasteiger partial charge in [-0.25, -0.2) is 0 Å². The molecule has 0 N–H and O–H groups in total. The van der Waals surface area contributed by atoms with Crippen LogP contribution < -0.4 is 0 Å². The monoisotopic (exact) mass is 618 g/mol. The predicted molar refractivity (Wildman–Crippen MR) is 207 cm³/mol. The van der Waals surface area contributed by atoms with Crippen LogP contribution in [0.3, 0.4) is 0 Å². The van der Waals surface area contributed by atoms with Crippen molar-refractivity contribution in [2.24, 2.45) is 0 Å². The quantitative estimate of drug-likeness (QED) is 0.174. The Balaban J connectivity index is 1.61. The molecule has 0 unspecified atom stereocenters. The van der Waals surface area contributed by atoms with E-state index in [0.29, 0.717) is 0 Å². The molecule has 234 valence electrons. The van der Waals surface area contributed by atoms with Crippen LogP contribution in [0.5, 0.6) is 0 Å². The molecule has 0 spiro atoms. The van der Waals surface area contributed by atoms with Gasteiger partial charge in [0.15, 0.2) is 0 Å². The first-order valence-electron chi connectivity index (χ1n) is 17.0. The second-order valence-electron chi connectivity index (χ2n) is 13.2. The Morgan fingerprint density at radius 1 is 0.250 bits per heavy atom. The molecule has 7 rings (SSSR count). The molecule has 0 aromatic heterocycles. The van der Waals surface area contributed by atoms with Gasteiger partial charge in [0.2, 0.25) is 0 Å². The second-order valence-corrected chi connectivity index (χ2v) is 13.2. The summed E-state index contributed by atoms with van der Waals surface area (Å²) in [4.78, 5) is 0. The molecule has 0 nitrogen and oxygen atoms in total. The standard InChI is InChI=1S/C48H42/c1-31-27-33(3)47(35(5)45(31)39-23-15-9-16-24-39)43-29-42(38-21-13-8-14-22-38)44(30-41(43)37-19-11-7-12-20-37)48-34(4)28-32(2)46(36(48)6)40-25-17-10-18-26-40/h7-30H,1-6H3. The predicted octanol–water partition coefficient (Wildman–Crippen LogP) is 13.5. The van der Waals surface area contributed by atoms with E-state index in [2.05, 4.69) is 187 Å². The van der Waals surface area contributed by atoms with Crippen molar-refractivity contribution in [3.63, 3.8) is 0 Å². The molecule has 7 aromatic carbocycles. The third kappa shape index (κ3) is 5.58. The van der Waals surface area contributed by atoms with Crippen molar-refractivity contribution in [1.29, 1.82) is 0 Å². The summed E-state index contributed by atoms with van der Waals surface area (Å²) in [6, 6.07) is 53.3. The Bertz CT molecular complexity index is 2080. The van der Waals surface area contributed by atoms with Crippen LogP contribution >= 0.6 is 0 Å². The minimum absolute atomic E-state index is 1.22. The van der Waals surface area contributed by atoms with Gasteiger partial charge >= 0.3 is 0 Å². The van der Waals surface area contributed by atoms with Gasteiger partial charge in [0.25, 0.3) is 0 Å². The van der Waals surface area contributed by atoms with Gasteiger partial charge in [-0.3, -0.25) is 0 Å². The molecular weight excluding hydrogens is 577 g/mol. The first kappa shape index (κ1) is 31.2. The number of hydrogen-bond donors (Lipinski definition) is 0. The Morgan fingerprint density at radius 2 is 0.521 bits per heavy atom. The number of rotatable bonds is 6. The van der Waals surface area contributed by atoms with Gasteiger partial charge in [0.05, 0.1) is 0 Å². The van der Waals surface area contributed by atoms with E-state index < -0.39 is 0 Å². The van der Waals surface area contributed by atoms with Crippen molar-refractivity contribution < 1.29 is 0 Å². The summed E-state index contributed by atoms with van der Waals surface area (Å²) >= 11 is 0. The number of aryl methyl sites for hydroxylation is 4. The number of benzene rings is 7. The zero-order valence-corrected chi connectivity index (χ0v) is 28.9. The van der Waals surface area contributed by atoms with E-state index in [0.717, 1.165) is 0 Å². The second kappa shape index (κ2) is 13.0. The Morgan fingerprint density at radius 3 is 0.833 bits per heavy atom. The highest BCUT2D eigenvalue weighted by Gasteiger charge is 2.23. The minimum atomic E-state index is 1.22. The highest BCUT2D eigenvalue weighted by molar-refractivity contribution is 5.99. The van der Waals surface area contributed by atoms with E-state index in [1.807, 2.05) is 0 Å². The third-order valence-corrected chi connectivity index (χ3v) is 9.93. The lowest BCUT2D eigenvalue weighted by molar-refractivity contribution is 1.31. The molecule has 0 atom stereocenters. The molecule has 0 bridgehead atoms. The molecule has 0 saturated carbocycles. The lowest BCUT2D eigenvalue weighted by atomic mass is 9.79. The largest absolute Gasteiger partial charge is 0.0622 e. The van der Waals surface area contributed by atoms with Crippen LogP contribution in [0.25, 0.3) is 66.8 Å². The zero-order valence-electron chi connectivity index (χ0n) is 28.9. The third-order valence-electron chi connectivity index (χ3n) is 9.93. The normalized spacial score (nSPS) is 11.1. The fourth-order valence-electron chi connectivity index (χ4n) is 8.02. The van der Waals surface area contributed by atoms with E-state index >= 15 is 0 Å². The molecule has 0 heteroatoms. The zero-order chi connectivity index (χ0) is 33.4. The summed E-state index contributed by atoms with van der Waals surface area (Å²) in [5.41, 5.74) is 23.1. The molecule has 0 aliphatic carbocycles. The van der Waals surface area contributed by atoms with Gasteiger partial charge in [-0.05, 0) is 154 Å². The molecule has 0 amide bonds. The van der Waals surface area contributed by atoms with E-state index in [9.17, 15) is 0 Å². The average molecular weight is 619 g/mol. The molecule has 0 aliphatic heterocycles. The van der Waals surface area contributed by atoms with E-state index in [1.165, 1.54) is 100 Å². The Hall–Kier alpha value is -5.46. The molecule has 0 radical (unpaired) electrons. The molecule has 0 fully saturated rings. The fourth-order valence-corrected chi connectivity index (χ4v) is 8.02. The molecular formula is C48H42.